The summed E-state index contributed by atoms with van der Waals surface area (Å²) in [6, 6.07) is 5.35. The van der Waals surface area contributed by atoms with Gasteiger partial charge >= 0.3 is 0 Å². The van der Waals surface area contributed by atoms with Gasteiger partial charge in [0.05, 0.1) is 0 Å². The molecule has 0 aromatic heterocycles. The predicted octanol–water partition coefficient (Wildman–Crippen LogP) is 1.29. The smallest absolute Gasteiger partial charge is 0.231 e. The van der Waals surface area contributed by atoms with Crippen LogP contribution in [-0.2, 0) is 4.57 Å². The van der Waals surface area contributed by atoms with E-state index in [4.69, 9.17) is 9.47 Å². The van der Waals surface area contributed by atoms with Crippen molar-refractivity contribution in [2.75, 3.05) is 19.5 Å². The molecule has 0 radical (unpaired) electrons. The Hall–Kier alpha value is -1.03. The summed E-state index contributed by atoms with van der Waals surface area (Å²) in [5, 5.41) is 3.04. The van der Waals surface area contributed by atoms with E-state index in [1.54, 1.807) is 18.2 Å². The van der Waals surface area contributed by atoms with Crippen LogP contribution in [0.25, 0.3) is 0 Å². The second kappa shape index (κ2) is 3.48. The molecule has 3 rings (SSSR count). The van der Waals surface area contributed by atoms with Crippen LogP contribution < -0.4 is 14.8 Å². The molecule has 86 valence electrons. The summed E-state index contributed by atoms with van der Waals surface area (Å²) in [4.78, 5) is 9.78. The molecular formula is C10H12NO4P. The molecule has 0 spiro atoms. The van der Waals surface area contributed by atoms with E-state index in [2.05, 4.69) is 5.32 Å². The van der Waals surface area contributed by atoms with Crippen LogP contribution in [0.3, 0.4) is 0 Å². The minimum Gasteiger partial charge on any atom is -0.454 e. The van der Waals surface area contributed by atoms with Crippen molar-refractivity contribution in [3.8, 4) is 11.5 Å². The molecule has 1 aromatic carbocycles. The Kier molecular flexibility index (Phi) is 2.21. The molecule has 16 heavy (non-hydrogen) atoms. The number of benzene rings is 1. The van der Waals surface area contributed by atoms with E-state index < -0.39 is 13.2 Å². The van der Waals surface area contributed by atoms with E-state index in [-0.39, 0.29) is 6.79 Å². The molecule has 2 aliphatic rings. The van der Waals surface area contributed by atoms with Gasteiger partial charge in [0.2, 0.25) is 14.2 Å². The Bertz CT molecular complexity index is 476. The van der Waals surface area contributed by atoms with E-state index in [0.717, 1.165) is 5.56 Å². The highest BCUT2D eigenvalue weighted by atomic mass is 31.2. The van der Waals surface area contributed by atoms with E-state index >= 15 is 0 Å². The Morgan fingerprint density at radius 1 is 1.38 bits per heavy atom. The van der Waals surface area contributed by atoms with Crippen LogP contribution in [0.1, 0.15) is 11.3 Å². The monoisotopic (exact) mass is 241 g/mol. The first-order chi connectivity index (χ1) is 7.67. The van der Waals surface area contributed by atoms with Crippen molar-refractivity contribution in [2.24, 2.45) is 0 Å². The molecule has 2 atom stereocenters. The molecule has 2 unspecified atom stereocenters. The molecule has 5 nitrogen and oxygen atoms in total. The average Bonchev–Trinajstić information content (AvgIpc) is 2.82. The Balaban J connectivity index is 1.98. The molecule has 1 aromatic rings. The first-order valence-electron chi connectivity index (χ1n) is 5.11. The second-order valence-electron chi connectivity index (χ2n) is 3.95. The standard InChI is InChI=1S/C10H12NO4P/c12-16(13)4-3-11-10(16)7-1-2-8-9(5-7)15-6-14-8/h1-2,5,10-11H,3-4,6H2,(H,12,13). The maximum Gasteiger partial charge on any atom is 0.231 e. The van der Waals surface area contributed by atoms with E-state index in [1.165, 1.54) is 0 Å². The highest BCUT2D eigenvalue weighted by Gasteiger charge is 2.37. The SMILES string of the molecule is O=P1(O)CCNC1c1ccc2c(c1)OCO2. The fourth-order valence-corrected chi connectivity index (χ4v) is 3.82. The molecule has 0 amide bonds. The lowest BCUT2D eigenvalue weighted by Gasteiger charge is -2.15. The molecule has 0 aliphatic carbocycles. The van der Waals surface area contributed by atoms with Crippen LogP contribution in [0, 0.1) is 0 Å². The lowest BCUT2D eigenvalue weighted by Crippen LogP contribution is -2.13. The summed E-state index contributed by atoms with van der Waals surface area (Å²) < 4.78 is 22.3. The van der Waals surface area contributed by atoms with Gasteiger partial charge in [0.1, 0.15) is 5.78 Å². The number of hydrogen-bond acceptors (Lipinski definition) is 4. The highest BCUT2D eigenvalue weighted by molar-refractivity contribution is 7.58. The van der Waals surface area contributed by atoms with Gasteiger partial charge in [-0.05, 0) is 17.7 Å². The number of ether oxygens (including phenoxy) is 2. The van der Waals surface area contributed by atoms with E-state index in [1.807, 2.05) is 0 Å². The Morgan fingerprint density at radius 2 is 2.19 bits per heavy atom. The molecule has 1 saturated heterocycles. The fourth-order valence-electron chi connectivity index (χ4n) is 2.07. The zero-order valence-corrected chi connectivity index (χ0v) is 9.44. The molecule has 2 heterocycles. The normalized spacial score (nSPS) is 31.9. The van der Waals surface area contributed by atoms with Gasteiger partial charge in [-0.2, -0.15) is 0 Å². The summed E-state index contributed by atoms with van der Waals surface area (Å²) in [6.07, 6.45) is 0.326. The lowest BCUT2D eigenvalue weighted by atomic mass is 10.2. The van der Waals surface area contributed by atoms with E-state index in [0.29, 0.717) is 24.2 Å². The summed E-state index contributed by atoms with van der Waals surface area (Å²) >= 11 is 0. The first-order valence-corrected chi connectivity index (χ1v) is 7.03. The van der Waals surface area contributed by atoms with Crippen molar-refractivity contribution in [1.82, 2.24) is 5.32 Å². The van der Waals surface area contributed by atoms with Gasteiger partial charge in [-0.25, -0.2) is 0 Å². The Labute approximate surface area is 92.8 Å². The number of nitrogens with one attached hydrogen (secondary N) is 1. The number of rotatable bonds is 1. The third-order valence-corrected chi connectivity index (χ3v) is 5.04. The third-order valence-electron chi connectivity index (χ3n) is 2.89. The summed E-state index contributed by atoms with van der Waals surface area (Å²) in [5.74, 6) is 0.864. The topological polar surface area (TPSA) is 67.8 Å². The summed E-state index contributed by atoms with van der Waals surface area (Å²) in [5.41, 5.74) is 0.785. The van der Waals surface area contributed by atoms with Gasteiger partial charge in [0.25, 0.3) is 0 Å². The third kappa shape index (κ3) is 1.52. The first kappa shape index (κ1) is 10.1. The Morgan fingerprint density at radius 3 is 2.94 bits per heavy atom. The van der Waals surface area contributed by atoms with Crippen molar-refractivity contribution in [1.29, 1.82) is 0 Å². The summed E-state index contributed by atoms with van der Waals surface area (Å²) in [7, 11) is -3.11. The molecule has 2 N–H and O–H groups in total. The van der Waals surface area contributed by atoms with Crippen LogP contribution in [-0.4, -0.2) is 24.4 Å². The largest absolute Gasteiger partial charge is 0.454 e. The van der Waals surface area contributed by atoms with E-state index in [9.17, 15) is 9.46 Å². The van der Waals surface area contributed by atoms with Gasteiger partial charge in [0.15, 0.2) is 11.5 Å². The lowest BCUT2D eigenvalue weighted by molar-refractivity contribution is 0.174. The van der Waals surface area contributed by atoms with Gasteiger partial charge < -0.3 is 19.7 Å². The van der Waals surface area contributed by atoms with Gasteiger partial charge in [-0.15, -0.1) is 0 Å². The fraction of sp³-hybridized carbons (Fsp3) is 0.400. The van der Waals surface area contributed by atoms with Crippen LogP contribution >= 0.6 is 7.37 Å². The predicted molar refractivity (Wildman–Crippen MR) is 58.0 cm³/mol. The molecular weight excluding hydrogens is 229 g/mol. The molecule has 1 fully saturated rings. The molecule has 2 aliphatic heterocycles. The number of hydrogen-bond donors (Lipinski definition) is 2. The molecule has 0 bridgehead atoms. The quantitative estimate of drug-likeness (QED) is 0.725. The van der Waals surface area contributed by atoms with Crippen LogP contribution in [0.5, 0.6) is 11.5 Å². The van der Waals surface area contributed by atoms with Gasteiger partial charge in [0, 0.05) is 12.7 Å². The minimum atomic E-state index is -3.11. The molecule has 0 saturated carbocycles. The van der Waals surface area contributed by atoms with Crippen molar-refractivity contribution < 1.29 is 18.9 Å². The number of fused-ring (bicyclic) bond motifs is 1. The van der Waals surface area contributed by atoms with Crippen molar-refractivity contribution >= 4 is 7.37 Å². The second-order valence-corrected chi connectivity index (χ2v) is 6.42. The minimum absolute atomic E-state index is 0.216. The van der Waals surface area contributed by atoms with Gasteiger partial charge in [-0.1, -0.05) is 6.07 Å². The summed E-state index contributed by atoms with van der Waals surface area (Å²) in [6.45, 7) is 0.792. The highest BCUT2D eigenvalue weighted by Crippen LogP contribution is 2.57. The van der Waals surface area contributed by atoms with Crippen molar-refractivity contribution in [2.45, 2.75) is 5.78 Å². The van der Waals surface area contributed by atoms with Crippen LogP contribution in [0.4, 0.5) is 0 Å². The maximum atomic E-state index is 11.9. The zero-order valence-electron chi connectivity index (χ0n) is 8.55. The van der Waals surface area contributed by atoms with Gasteiger partial charge in [-0.3, -0.25) is 4.57 Å². The van der Waals surface area contributed by atoms with Crippen molar-refractivity contribution in [3.05, 3.63) is 23.8 Å². The van der Waals surface area contributed by atoms with Crippen LogP contribution in [0.15, 0.2) is 18.2 Å². The zero-order chi connectivity index (χ0) is 11.2. The molecule has 6 heteroatoms. The van der Waals surface area contributed by atoms with Crippen LogP contribution in [0.2, 0.25) is 0 Å². The maximum absolute atomic E-state index is 11.9. The average molecular weight is 241 g/mol. The van der Waals surface area contributed by atoms with Crippen molar-refractivity contribution in [3.63, 3.8) is 0 Å².